The van der Waals surface area contributed by atoms with Gasteiger partial charge in [-0.1, -0.05) is 33.6 Å². The summed E-state index contributed by atoms with van der Waals surface area (Å²) in [4.78, 5) is 1.53. The van der Waals surface area contributed by atoms with E-state index in [4.69, 9.17) is 4.74 Å². The van der Waals surface area contributed by atoms with Gasteiger partial charge in [0, 0.05) is 33.4 Å². The fourth-order valence-electron chi connectivity index (χ4n) is 3.83. The van der Waals surface area contributed by atoms with Gasteiger partial charge in [-0.15, -0.1) is 0 Å². The molecule has 3 aromatic rings. The summed E-state index contributed by atoms with van der Waals surface area (Å²) >= 11 is 3.54. The topological polar surface area (TPSA) is 37.6 Å². The van der Waals surface area contributed by atoms with Gasteiger partial charge in [0.05, 0.1) is 13.1 Å². The van der Waals surface area contributed by atoms with Crippen LogP contribution in [0.15, 0.2) is 65.0 Å². The lowest BCUT2D eigenvalue weighted by atomic mass is 10.1. The van der Waals surface area contributed by atoms with E-state index in [9.17, 15) is 5.11 Å². The summed E-state index contributed by atoms with van der Waals surface area (Å²) < 4.78 is 23.5. The molecule has 2 unspecified atom stereocenters. The number of methoxy groups -OCH3 is 1. The number of alkyl halides is 1. The van der Waals surface area contributed by atoms with Crippen molar-refractivity contribution in [2.24, 2.45) is 0 Å². The van der Waals surface area contributed by atoms with E-state index >= 15 is 4.39 Å². The normalized spacial score (nSPS) is 18.1. The quantitative estimate of drug-likeness (QED) is 0.568. The largest absolute Gasteiger partial charge is 0.495 e. The summed E-state index contributed by atoms with van der Waals surface area (Å²) in [6.45, 7) is 2.28. The molecule has 4 nitrogen and oxygen atoms in total. The predicted molar refractivity (Wildman–Crippen MR) is 114 cm³/mol. The maximum absolute atomic E-state index is 15.2. The SMILES string of the molecule is COC1C=CC=C(O)N1CC(F)Cn1c2ccc(C)cc2c2cc(Br)ccc21. The van der Waals surface area contributed by atoms with Crippen molar-refractivity contribution in [3.8, 4) is 0 Å². The molecular weight excluding hydrogens is 423 g/mol. The highest BCUT2D eigenvalue weighted by atomic mass is 79.9. The van der Waals surface area contributed by atoms with E-state index in [1.54, 1.807) is 25.3 Å². The first-order valence-electron chi connectivity index (χ1n) is 9.17. The van der Waals surface area contributed by atoms with Crippen LogP contribution in [0, 0.1) is 6.92 Å². The zero-order valence-electron chi connectivity index (χ0n) is 15.8. The number of fused-ring (bicyclic) bond motifs is 3. The Morgan fingerprint density at radius 3 is 2.61 bits per heavy atom. The molecule has 1 aromatic heterocycles. The Labute approximate surface area is 171 Å². The highest BCUT2D eigenvalue weighted by Crippen LogP contribution is 2.32. The van der Waals surface area contributed by atoms with Crippen LogP contribution in [0.25, 0.3) is 21.8 Å². The highest BCUT2D eigenvalue weighted by Gasteiger charge is 2.25. The van der Waals surface area contributed by atoms with Gasteiger partial charge in [0.1, 0.15) is 6.17 Å². The molecule has 4 rings (SSSR count). The Bertz CT molecular complexity index is 1030. The van der Waals surface area contributed by atoms with E-state index in [0.717, 1.165) is 26.3 Å². The van der Waals surface area contributed by atoms with Crippen molar-refractivity contribution in [3.63, 3.8) is 0 Å². The van der Waals surface area contributed by atoms with E-state index in [1.807, 2.05) is 28.8 Å². The third-order valence-electron chi connectivity index (χ3n) is 5.12. The molecule has 146 valence electrons. The Hall–Kier alpha value is -2.31. The van der Waals surface area contributed by atoms with Crippen molar-refractivity contribution in [2.75, 3.05) is 13.7 Å². The lowest BCUT2D eigenvalue weighted by Crippen LogP contribution is -2.41. The van der Waals surface area contributed by atoms with Crippen LogP contribution in [-0.2, 0) is 11.3 Å². The average molecular weight is 445 g/mol. The standard InChI is InChI=1S/C22H22BrFN2O2/c1-14-6-8-19-17(10-14)18-11-15(23)7-9-20(18)25(19)12-16(24)13-26-21(27)4-3-5-22(26)28-2/h3-11,16,22,27H,12-13H2,1-2H3. The second-order valence-electron chi connectivity index (χ2n) is 7.08. The average Bonchev–Trinajstić information content (AvgIpc) is 2.95. The van der Waals surface area contributed by atoms with E-state index in [0.29, 0.717) is 0 Å². The molecule has 6 heteroatoms. The van der Waals surface area contributed by atoms with E-state index in [-0.39, 0.29) is 19.0 Å². The summed E-state index contributed by atoms with van der Waals surface area (Å²) in [5.41, 5.74) is 3.16. The molecule has 2 aromatic carbocycles. The molecule has 2 heterocycles. The van der Waals surface area contributed by atoms with Crippen LogP contribution in [0.5, 0.6) is 0 Å². The molecule has 1 aliphatic heterocycles. The van der Waals surface area contributed by atoms with Gasteiger partial charge in [-0.2, -0.15) is 0 Å². The molecule has 0 radical (unpaired) electrons. The van der Waals surface area contributed by atoms with Gasteiger partial charge in [-0.25, -0.2) is 4.39 Å². The van der Waals surface area contributed by atoms with Crippen LogP contribution in [0.4, 0.5) is 4.39 Å². The lowest BCUT2D eigenvalue weighted by Gasteiger charge is -2.32. The molecule has 1 N–H and O–H groups in total. The first-order valence-corrected chi connectivity index (χ1v) is 9.96. The minimum atomic E-state index is -1.19. The van der Waals surface area contributed by atoms with Crippen molar-refractivity contribution in [3.05, 3.63) is 70.5 Å². The number of allylic oxidation sites excluding steroid dienone is 2. The summed E-state index contributed by atoms with van der Waals surface area (Å²) in [5.74, 6) is 0.0128. The van der Waals surface area contributed by atoms with Gasteiger partial charge >= 0.3 is 0 Å². The second-order valence-corrected chi connectivity index (χ2v) is 7.99. The van der Waals surface area contributed by atoms with Crippen molar-refractivity contribution in [1.82, 2.24) is 9.47 Å². The van der Waals surface area contributed by atoms with Crippen molar-refractivity contribution in [1.29, 1.82) is 0 Å². The zero-order valence-corrected chi connectivity index (χ0v) is 17.4. The first-order chi connectivity index (χ1) is 13.5. The number of nitrogens with zero attached hydrogens (tertiary/aromatic N) is 2. The van der Waals surface area contributed by atoms with Gasteiger partial charge in [-0.3, -0.25) is 0 Å². The van der Waals surface area contributed by atoms with E-state index < -0.39 is 12.4 Å². The van der Waals surface area contributed by atoms with Crippen LogP contribution in [0.3, 0.4) is 0 Å². The summed E-state index contributed by atoms with van der Waals surface area (Å²) in [6.07, 6.45) is 3.37. The highest BCUT2D eigenvalue weighted by molar-refractivity contribution is 9.10. The van der Waals surface area contributed by atoms with Gasteiger partial charge in [0.25, 0.3) is 0 Å². The van der Waals surface area contributed by atoms with Crippen molar-refractivity contribution < 1.29 is 14.2 Å². The number of ether oxygens (including phenoxy) is 1. The molecule has 1 aliphatic rings. The van der Waals surface area contributed by atoms with Gasteiger partial charge in [0.2, 0.25) is 0 Å². The van der Waals surface area contributed by atoms with Crippen LogP contribution in [0.1, 0.15) is 5.56 Å². The van der Waals surface area contributed by atoms with Crippen LogP contribution < -0.4 is 0 Å². The third-order valence-corrected chi connectivity index (χ3v) is 5.62. The number of aliphatic hydroxyl groups excluding tert-OH is 1. The number of halogens is 2. The van der Waals surface area contributed by atoms with Crippen LogP contribution in [-0.4, -0.2) is 40.6 Å². The van der Waals surface area contributed by atoms with Crippen molar-refractivity contribution >= 4 is 37.7 Å². The monoisotopic (exact) mass is 444 g/mol. The van der Waals surface area contributed by atoms with Gasteiger partial charge in [-0.05, 0) is 49.4 Å². The van der Waals surface area contributed by atoms with Gasteiger partial charge in [0.15, 0.2) is 12.1 Å². The Morgan fingerprint density at radius 1 is 1.14 bits per heavy atom. The Kier molecular flexibility index (Phi) is 5.17. The number of aromatic nitrogens is 1. The van der Waals surface area contributed by atoms with E-state index in [2.05, 4.69) is 35.0 Å². The molecular formula is C22H22BrFN2O2. The molecule has 0 amide bonds. The molecule has 0 bridgehead atoms. The molecule has 0 aliphatic carbocycles. The molecule has 0 saturated carbocycles. The summed E-state index contributed by atoms with van der Waals surface area (Å²) in [6, 6.07) is 12.3. The lowest BCUT2D eigenvalue weighted by molar-refractivity contribution is -0.0185. The number of hydrogen-bond donors (Lipinski definition) is 1. The third kappa shape index (κ3) is 3.42. The molecule has 2 atom stereocenters. The molecule has 0 fully saturated rings. The summed E-state index contributed by atoms with van der Waals surface area (Å²) in [5, 5.41) is 12.3. The zero-order chi connectivity index (χ0) is 19.8. The first kappa shape index (κ1) is 19.0. The number of benzene rings is 2. The number of rotatable bonds is 5. The number of hydrogen-bond acceptors (Lipinski definition) is 3. The number of aliphatic hydroxyl groups is 1. The minimum absolute atomic E-state index is 0.0128. The van der Waals surface area contributed by atoms with Gasteiger partial charge < -0.3 is 19.3 Å². The summed E-state index contributed by atoms with van der Waals surface area (Å²) in [7, 11) is 1.54. The second kappa shape index (κ2) is 7.60. The number of aryl methyl sites for hydroxylation is 1. The predicted octanol–water partition coefficient (Wildman–Crippen LogP) is 5.45. The van der Waals surface area contributed by atoms with Crippen LogP contribution in [0.2, 0.25) is 0 Å². The minimum Gasteiger partial charge on any atom is -0.495 e. The fourth-order valence-corrected chi connectivity index (χ4v) is 4.19. The maximum Gasteiger partial charge on any atom is 0.189 e. The molecule has 28 heavy (non-hydrogen) atoms. The molecule has 0 saturated heterocycles. The van der Waals surface area contributed by atoms with Crippen LogP contribution >= 0.6 is 15.9 Å². The maximum atomic E-state index is 15.2. The Balaban J connectivity index is 1.69. The van der Waals surface area contributed by atoms with E-state index in [1.165, 1.54) is 10.5 Å². The Morgan fingerprint density at radius 2 is 1.86 bits per heavy atom. The smallest absolute Gasteiger partial charge is 0.189 e. The fraction of sp³-hybridized carbons (Fsp3) is 0.273. The van der Waals surface area contributed by atoms with Crippen molar-refractivity contribution in [2.45, 2.75) is 25.9 Å². The molecule has 0 spiro atoms.